The second-order valence-electron chi connectivity index (χ2n) is 6.88. The molecule has 0 spiro atoms. The minimum Gasteiger partial charge on any atom is -0.309 e. The van der Waals surface area contributed by atoms with Gasteiger partial charge in [-0.05, 0) is 34.6 Å². The van der Waals surface area contributed by atoms with Crippen molar-refractivity contribution in [1.29, 1.82) is 0 Å². The molecule has 0 bridgehead atoms. The Bertz CT molecular complexity index is 476. The molecule has 2 heterocycles. The van der Waals surface area contributed by atoms with Crippen LogP contribution in [0.4, 0.5) is 0 Å². The van der Waals surface area contributed by atoms with Crippen LogP contribution in [0, 0.1) is 6.92 Å². The van der Waals surface area contributed by atoms with Gasteiger partial charge in [0.05, 0.1) is 5.69 Å². The van der Waals surface area contributed by atoms with Crippen LogP contribution in [0.3, 0.4) is 0 Å². The van der Waals surface area contributed by atoms with E-state index >= 15 is 0 Å². The largest absolute Gasteiger partial charge is 0.309 e. The van der Waals surface area contributed by atoms with Crippen molar-refractivity contribution in [2.75, 3.05) is 13.1 Å². The molecular weight excluding hydrogens is 260 g/mol. The molecule has 0 radical (unpaired) electrons. The first-order valence-electron chi connectivity index (χ1n) is 6.80. The molecule has 1 aliphatic rings. The van der Waals surface area contributed by atoms with E-state index in [2.05, 4.69) is 43.0 Å². The lowest BCUT2D eigenvalue weighted by Gasteiger charge is -2.49. The lowest BCUT2D eigenvalue weighted by molar-refractivity contribution is 0.0322. The molecule has 19 heavy (non-hydrogen) atoms. The summed E-state index contributed by atoms with van der Waals surface area (Å²) < 4.78 is 1.76. The number of halogens is 1. The molecule has 1 N–H and O–H groups in total. The molecule has 0 aromatic carbocycles. The predicted molar refractivity (Wildman–Crippen MR) is 79.5 cm³/mol. The van der Waals surface area contributed by atoms with Crippen molar-refractivity contribution in [3.05, 3.63) is 16.4 Å². The highest BCUT2D eigenvalue weighted by molar-refractivity contribution is 6.30. The fourth-order valence-corrected chi connectivity index (χ4v) is 2.86. The van der Waals surface area contributed by atoms with Gasteiger partial charge in [-0.2, -0.15) is 5.10 Å². The Morgan fingerprint density at radius 1 is 1.32 bits per heavy atom. The van der Waals surface area contributed by atoms with E-state index in [-0.39, 0.29) is 11.1 Å². The summed E-state index contributed by atoms with van der Waals surface area (Å²) in [5.74, 6) is 0. The maximum Gasteiger partial charge on any atom is 0.131 e. The predicted octanol–water partition coefficient (Wildman–Crippen LogP) is 2.34. The Morgan fingerprint density at radius 2 is 1.95 bits per heavy atom. The average Bonchev–Trinajstić information content (AvgIpc) is 2.51. The summed E-state index contributed by atoms with van der Waals surface area (Å²) in [5.41, 5.74) is 2.44. The smallest absolute Gasteiger partial charge is 0.131 e. The SMILES string of the molecule is Cc1nn(C)c(Cl)c1CN1CC(C)(C)NCC1(C)C. The highest BCUT2D eigenvalue weighted by atomic mass is 35.5. The van der Waals surface area contributed by atoms with Crippen molar-refractivity contribution >= 4 is 11.6 Å². The van der Waals surface area contributed by atoms with Crippen LogP contribution >= 0.6 is 11.6 Å². The third-order valence-corrected chi connectivity index (χ3v) is 4.53. The van der Waals surface area contributed by atoms with E-state index in [1.807, 2.05) is 14.0 Å². The summed E-state index contributed by atoms with van der Waals surface area (Å²) in [7, 11) is 1.89. The second-order valence-corrected chi connectivity index (χ2v) is 7.24. The van der Waals surface area contributed by atoms with Crippen molar-refractivity contribution in [2.24, 2.45) is 7.05 Å². The molecule has 0 aliphatic carbocycles. The topological polar surface area (TPSA) is 33.1 Å². The van der Waals surface area contributed by atoms with Crippen LogP contribution in [0.15, 0.2) is 0 Å². The lowest BCUT2D eigenvalue weighted by Crippen LogP contribution is -2.65. The first-order valence-corrected chi connectivity index (χ1v) is 7.18. The van der Waals surface area contributed by atoms with Gasteiger partial charge in [0.25, 0.3) is 0 Å². The quantitative estimate of drug-likeness (QED) is 0.905. The van der Waals surface area contributed by atoms with E-state index in [0.29, 0.717) is 0 Å². The number of nitrogens with zero attached hydrogens (tertiary/aromatic N) is 3. The fraction of sp³-hybridized carbons (Fsp3) is 0.786. The highest BCUT2D eigenvalue weighted by Gasteiger charge is 2.38. The van der Waals surface area contributed by atoms with Crippen molar-refractivity contribution < 1.29 is 0 Å². The first kappa shape index (κ1) is 14.8. The summed E-state index contributed by atoms with van der Waals surface area (Å²) in [4.78, 5) is 2.50. The summed E-state index contributed by atoms with van der Waals surface area (Å²) in [6, 6.07) is 0. The van der Waals surface area contributed by atoms with Gasteiger partial charge in [0, 0.05) is 43.3 Å². The van der Waals surface area contributed by atoms with Gasteiger partial charge in [0.2, 0.25) is 0 Å². The Morgan fingerprint density at radius 3 is 2.47 bits per heavy atom. The molecule has 0 atom stereocenters. The van der Waals surface area contributed by atoms with E-state index in [4.69, 9.17) is 11.6 Å². The molecule has 2 rings (SSSR count). The van der Waals surface area contributed by atoms with Gasteiger partial charge in [0.1, 0.15) is 5.15 Å². The van der Waals surface area contributed by atoms with Gasteiger partial charge in [-0.15, -0.1) is 0 Å². The zero-order valence-electron chi connectivity index (χ0n) is 12.8. The van der Waals surface area contributed by atoms with Crippen LogP contribution in [-0.4, -0.2) is 38.8 Å². The first-order chi connectivity index (χ1) is 8.62. The van der Waals surface area contributed by atoms with Crippen LogP contribution in [0.25, 0.3) is 0 Å². The summed E-state index contributed by atoms with van der Waals surface area (Å²) in [5, 5.41) is 8.76. The van der Waals surface area contributed by atoms with Crippen LogP contribution in [-0.2, 0) is 13.6 Å². The molecule has 1 aliphatic heterocycles. The van der Waals surface area contributed by atoms with Gasteiger partial charge >= 0.3 is 0 Å². The van der Waals surface area contributed by atoms with Crippen molar-refractivity contribution in [1.82, 2.24) is 20.0 Å². The molecule has 1 fully saturated rings. The highest BCUT2D eigenvalue weighted by Crippen LogP contribution is 2.28. The molecule has 1 aromatic heterocycles. The van der Waals surface area contributed by atoms with Crippen LogP contribution < -0.4 is 5.32 Å². The molecule has 0 unspecified atom stereocenters. The molecule has 1 saturated heterocycles. The van der Waals surface area contributed by atoms with E-state index in [1.165, 1.54) is 0 Å². The van der Waals surface area contributed by atoms with Gasteiger partial charge in [-0.3, -0.25) is 9.58 Å². The van der Waals surface area contributed by atoms with Gasteiger partial charge in [-0.25, -0.2) is 0 Å². The standard InChI is InChI=1S/C14H25ClN4/c1-10-11(12(15)18(6)17-10)7-19-9-13(2,3)16-8-14(19,4)5/h16H,7-9H2,1-6H3. The normalized spacial score (nSPS) is 22.7. The van der Waals surface area contributed by atoms with Crippen molar-refractivity contribution in [2.45, 2.75) is 52.2 Å². The number of hydrogen-bond acceptors (Lipinski definition) is 3. The zero-order valence-corrected chi connectivity index (χ0v) is 13.6. The second kappa shape index (κ2) is 4.76. The fourth-order valence-electron chi connectivity index (χ4n) is 2.63. The monoisotopic (exact) mass is 284 g/mol. The molecule has 0 amide bonds. The molecule has 1 aromatic rings. The minimum atomic E-state index is 0.126. The Labute approximate surface area is 121 Å². The maximum atomic E-state index is 6.36. The maximum absolute atomic E-state index is 6.36. The Balaban J connectivity index is 2.25. The van der Waals surface area contributed by atoms with E-state index in [0.717, 1.165) is 36.0 Å². The number of piperazine rings is 1. The molecule has 108 valence electrons. The summed E-state index contributed by atoms with van der Waals surface area (Å²) in [6.45, 7) is 13.9. The number of aromatic nitrogens is 2. The van der Waals surface area contributed by atoms with Gasteiger partial charge < -0.3 is 5.32 Å². The minimum absolute atomic E-state index is 0.126. The molecule has 5 heteroatoms. The number of hydrogen-bond donors (Lipinski definition) is 1. The summed E-state index contributed by atoms with van der Waals surface area (Å²) in [6.07, 6.45) is 0. The number of nitrogens with one attached hydrogen (secondary N) is 1. The van der Waals surface area contributed by atoms with E-state index < -0.39 is 0 Å². The van der Waals surface area contributed by atoms with Crippen molar-refractivity contribution in [3.63, 3.8) is 0 Å². The van der Waals surface area contributed by atoms with Gasteiger partial charge in [-0.1, -0.05) is 11.6 Å². The lowest BCUT2D eigenvalue weighted by atomic mass is 9.91. The molecule has 0 saturated carbocycles. The third kappa shape index (κ3) is 2.96. The van der Waals surface area contributed by atoms with Crippen molar-refractivity contribution in [3.8, 4) is 0 Å². The van der Waals surface area contributed by atoms with Gasteiger partial charge in [0.15, 0.2) is 0 Å². The zero-order chi connectivity index (χ0) is 14.4. The average molecular weight is 285 g/mol. The van der Waals surface area contributed by atoms with Crippen LogP contribution in [0.5, 0.6) is 0 Å². The molecular formula is C14H25ClN4. The Hall–Kier alpha value is -0.580. The molecule has 4 nitrogen and oxygen atoms in total. The number of rotatable bonds is 2. The summed E-state index contributed by atoms with van der Waals surface area (Å²) >= 11 is 6.36. The van der Waals surface area contributed by atoms with E-state index in [9.17, 15) is 0 Å². The van der Waals surface area contributed by atoms with Crippen LogP contribution in [0.1, 0.15) is 39.0 Å². The van der Waals surface area contributed by atoms with E-state index in [1.54, 1.807) is 4.68 Å². The Kier molecular flexibility index (Phi) is 3.71. The third-order valence-electron chi connectivity index (χ3n) is 4.06. The van der Waals surface area contributed by atoms with Crippen LogP contribution in [0.2, 0.25) is 5.15 Å². The number of aryl methyl sites for hydroxylation is 2.